The predicted octanol–water partition coefficient (Wildman–Crippen LogP) is 2.31. The summed E-state index contributed by atoms with van der Waals surface area (Å²) in [6.07, 6.45) is 5.55. The van der Waals surface area contributed by atoms with E-state index in [1.807, 2.05) is 12.2 Å². The molecular formula is C12H15NO3. The van der Waals surface area contributed by atoms with E-state index in [4.69, 9.17) is 9.15 Å². The molecule has 4 heteroatoms. The van der Waals surface area contributed by atoms with Crippen LogP contribution in [0.15, 0.2) is 16.8 Å². The van der Waals surface area contributed by atoms with Crippen LogP contribution in [-0.2, 0) is 4.74 Å². The number of likely N-dealkylation sites (N-methyl/N-ethyl adjacent to an activating group) is 1. The number of hydrogen-bond donors (Lipinski definition) is 0. The second-order valence-electron chi connectivity index (χ2n) is 3.53. The summed E-state index contributed by atoms with van der Waals surface area (Å²) in [6.45, 7) is 5.95. The van der Waals surface area contributed by atoms with Crippen LogP contribution in [0.1, 0.15) is 30.0 Å². The number of carbonyl (C=O) groups excluding carboxylic acids is 1. The van der Waals surface area contributed by atoms with E-state index in [1.54, 1.807) is 13.2 Å². The molecule has 0 unspecified atom stereocenters. The highest BCUT2D eigenvalue weighted by Gasteiger charge is 2.23. The van der Waals surface area contributed by atoms with Gasteiger partial charge < -0.3 is 14.1 Å². The summed E-state index contributed by atoms with van der Waals surface area (Å²) in [5, 5.41) is 0. The molecule has 1 aliphatic heterocycles. The zero-order chi connectivity index (χ0) is 11.5. The fourth-order valence-electron chi connectivity index (χ4n) is 1.81. The number of anilines is 1. The summed E-state index contributed by atoms with van der Waals surface area (Å²) in [6, 6.07) is 0. The van der Waals surface area contributed by atoms with Gasteiger partial charge in [-0.2, -0.15) is 0 Å². The van der Waals surface area contributed by atoms with Gasteiger partial charge in [0.05, 0.1) is 17.9 Å². The Labute approximate surface area is 94.5 Å². The van der Waals surface area contributed by atoms with E-state index >= 15 is 0 Å². The quantitative estimate of drug-likeness (QED) is 0.734. The van der Waals surface area contributed by atoms with Crippen molar-refractivity contribution in [1.29, 1.82) is 0 Å². The monoisotopic (exact) mass is 221 g/mol. The van der Waals surface area contributed by atoms with E-state index in [0.717, 1.165) is 24.3 Å². The van der Waals surface area contributed by atoms with E-state index in [0.29, 0.717) is 12.4 Å². The second-order valence-corrected chi connectivity index (χ2v) is 3.53. The Morgan fingerprint density at radius 1 is 1.56 bits per heavy atom. The largest absolute Gasteiger partial charge is 0.460 e. The average molecular weight is 221 g/mol. The topological polar surface area (TPSA) is 42.7 Å². The minimum Gasteiger partial charge on any atom is -0.460 e. The van der Waals surface area contributed by atoms with Gasteiger partial charge in [0.15, 0.2) is 0 Å². The van der Waals surface area contributed by atoms with Crippen LogP contribution in [0.25, 0.3) is 6.08 Å². The Morgan fingerprint density at radius 2 is 2.38 bits per heavy atom. The summed E-state index contributed by atoms with van der Waals surface area (Å²) in [4.78, 5) is 13.7. The van der Waals surface area contributed by atoms with Crippen molar-refractivity contribution in [2.45, 2.75) is 13.8 Å². The Kier molecular flexibility index (Phi) is 2.99. The van der Waals surface area contributed by atoms with Gasteiger partial charge in [0.25, 0.3) is 0 Å². The van der Waals surface area contributed by atoms with Gasteiger partial charge in [0, 0.05) is 13.1 Å². The molecule has 86 valence electrons. The molecule has 0 saturated heterocycles. The van der Waals surface area contributed by atoms with Gasteiger partial charge in [-0.15, -0.1) is 0 Å². The van der Waals surface area contributed by atoms with Crippen LogP contribution in [-0.4, -0.2) is 25.7 Å². The van der Waals surface area contributed by atoms with Gasteiger partial charge in [-0.25, -0.2) is 4.79 Å². The number of fused-ring (bicyclic) bond motifs is 1. The number of esters is 1. The van der Waals surface area contributed by atoms with Crippen LogP contribution >= 0.6 is 0 Å². The van der Waals surface area contributed by atoms with Crippen LogP contribution in [0.3, 0.4) is 0 Å². The Bertz CT molecular complexity index is 420. The third-order valence-corrected chi connectivity index (χ3v) is 2.60. The van der Waals surface area contributed by atoms with Crippen molar-refractivity contribution in [1.82, 2.24) is 0 Å². The van der Waals surface area contributed by atoms with Crippen LogP contribution in [0, 0.1) is 0 Å². The van der Waals surface area contributed by atoms with Crippen LogP contribution in [0.4, 0.5) is 5.69 Å². The molecule has 1 aliphatic rings. The van der Waals surface area contributed by atoms with Crippen molar-refractivity contribution in [3.63, 3.8) is 0 Å². The molecule has 1 aromatic heterocycles. The van der Waals surface area contributed by atoms with Crippen molar-refractivity contribution in [2.75, 3.05) is 24.6 Å². The smallest absolute Gasteiger partial charge is 0.374 e. The fraction of sp³-hybridized carbons (Fsp3) is 0.417. The highest BCUT2D eigenvalue weighted by molar-refractivity contribution is 5.94. The molecule has 1 aromatic rings. The van der Waals surface area contributed by atoms with Crippen molar-refractivity contribution < 1.29 is 13.9 Å². The first-order valence-corrected chi connectivity index (χ1v) is 5.48. The molecule has 0 saturated carbocycles. The van der Waals surface area contributed by atoms with Crippen LogP contribution in [0.5, 0.6) is 0 Å². The van der Waals surface area contributed by atoms with Crippen molar-refractivity contribution in [2.24, 2.45) is 0 Å². The van der Waals surface area contributed by atoms with Gasteiger partial charge in [0.2, 0.25) is 5.76 Å². The third kappa shape index (κ3) is 1.71. The summed E-state index contributed by atoms with van der Waals surface area (Å²) < 4.78 is 10.2. The number of furan rings is 1. The molecule has 0 amide bonds. The molecule has 16 heavy (non-hydrogen) atoms. The molecule has 0 radical (unpaired) electrons. The molecule has 0 bridgehead atoms. The first-order chi connectivity index (χ1) is 7.77. The Morgan fingerprint density at radius 3 is 3.06 bits per heavy atom. The molecule has 0 aromatic carbocycles. The molecule has 0 fully saturated rings. The number of ether oxygens (including phenoxy) is 1. The number of carbonyl (C=O) groups is 1. The second kappa shape index (κ2) is 4.43. The number of hydrogen-bond acceptors (Lipinski definition) is 4. The molecule has 0 atom stereocenters. The molecule has 0 N–H and O–H groups in total. The maximum Gasteiger partial charge on any atom is 0.374 e. The maximum atomic E-state index is 11.6. The lowest BCUT2D eigenvalue weighted by molar-refractivity contribution is 0.0490. The first-order valence-electron chi connectivity index (χ1n) is 5.48. The van der Waals surface area contributed by atoms with Crippen molar-refractivity contribution in [3.8, 4) is 0 Å². The summed E-state index contributed by atoms with van der Waals surface area (Å²) >= 11 is 0. The van der Waals surface area contributed by atoms with Gasteiger partial charge >= 0.3 is 5.97 Å². The number of rotatable bonds is 3. The fourth-order valence-corrected chi connectivity index (χ4v) is 1.81. The molecule has 4 nitrogen and oxygen atoms in total. The lowest BCUT2D eigenvalue weighted by atomic mass is 10.1. The molecule has 2 heterocycles. The molecule has 0 spiro atoms. The maximum absolute atomic E-state index is 11.6. The Balaban J connectivity index is 2.34. The lowest BCUT2D eigenvalue weighted by Gasteiger charge is -2.23. The summed E-state index contributed by atoms with van der Waals surface area (Å²) in [5.74, 6) is -0.0994. The van der Waals surface area contributed by atoms with Crippen LogP contribution < -0.4 is 4.90 Å². The molecule has 2 rings (SSSR count). The zero-order valence-corrected chi connectivity index (χ0v) is 9.53. The molecular weight excluding hydrogens is 206 g/mol. The van der Waals surface area contributed by atoms with E-state index in [9.17, 15) is 4.79 Å². The normalized spacial score (nSPS) is 13.8. The van der Waals surface area contributed by atoms with Crippen LogP contribution in [0.2, 0.25) is 0 Å². The van der Waals surface area contributed by atoms with Gasteiger partial charge in [0.1, 0.15) is 6.26 Å². The van der Waals surface area contributed by atoms with E-state index in [2.05, 4.69) is 11.8 Å². The minimum absolute atomic E-state index is 0.297. The lowest BCUT2D eigenvalue weighted by Crippen LogP contribution is -2.24. The highest BCUT2D eigenvalue weighted by Crippen LogP contribution is 2.30. The van der Waals surface area contributed by atoms with Gasteiger partial charge in [-0.1, -0.05) is 12.2 Å². The minimum atomic E-state index is -0.397. The van der Waals surface area contributed by atoms with Gasteiger partial charge in [-0.05, 0) is 13.8 Å². The number of nitrogens with zero attached hydrogens (tertiary/aromatic N) is 1. The summed E-state index contributed by atoms with van der Waals surface area (Å²) in [5.41, 5.74) is 1.79. The highest BCUT2D eigenvalue weighted by atomic mass is 16.5. The average Bonchev–Trinajstić information content (AvgIpc) is 2.72. The van der Waals surface area contributed by atoms with E-state index in [-0.39, 0.29) is 0 Å². The predicted molar refractivity (Wildman–Crippen MR) is 61.6 cm³/mol. The third-order valence-electron chi connectivity index (χ3n) is 2.60. The summed E-state index contributed by atoms with van der Waals surface area (Å²) in [7, 11) is 0. The van der Waals surface area contributed by atoms with E-state index < -0.39 is 5.97 Å². The standard InChI is InChI=1S/C12H15NO3/c1-3-13-7-5-6-9-10(13)8-16-11(9)12(14)15-4-2/h5-6,8H,3-4,7H2,1-2H3. The Hall–Kier alpha value is -1.71. The SMILES string of the molecule is CCOC(=O)c1occ2c1C=CCN2CC. The zero-order valence-electron chi connectivity index (χ0n) is 9.53. The van der Waals surface area contributed by atoms with Crippen molar-refractivity contribution >= 4 is 17.7 Å². The van der Waals surface area contributed by atoms with E-state index in [1.165, 1.54) is 0 Å². The molecule has 0 aliphatic carbocycles. The van der Waals surface area contributed by atoms with Crippen molar-refractivity contribution in [3.05, 3.63) is 23.7 Å². The van der Waals surface area contributed by atoms with Gasteiger partial charge in [-0.3, -0.25) is 0 Å². The first kappa shape index (κ1) is 10.8.